The second kappa shape index (κ2) is 5.47. The molecule has 0 unspecified atom stereocenters. The van der Waals surface area contributed by atoms with E-state index in [4.69, 9.17) is 9.47 Å². The Balaban J connectivity index is 1.43. The van der Waals surface area contributed by atoms with Crippen molar-refractivity contribution in [1.29, 1.82) is 0 Å². The second-order valence-corrected chi connectivity index (χ2v) is 5.87. The highest BCUT2D eigenvalue weighted by atomic mass is 16.5. The number of likely N-dealkylation sites (tertiary alicyclic amines) is 1. The lowest BCUT2D eigenvalue weighted by Crippen LogP contribution is -2.63. The molecule has 1 aromatic rings. The number of hydrogen-bond acceptors (Lipinski definition) is 4. The summed E-state index contributed by atoms with van der Waals surface area (Å²) in [7, 11) is 2.16. The van der Waals surface area contributed by atoms with Gasteiger partial charge in [-0.3, -0.25) is 0 Å². The van der Waals surface area contributed by atoms with Crippen molar-refractivity contribution in [1.82, 2.24) is 9.88 Å². The number of aromatic nitrogens is 1. The van der Waals surface area contributed by atoms with Gasteiger partial charge in [0.25, 0.3) is 0 Å². The molecule has 2 fully saturated rings. The first kappa shape index (κ1) is 12.9. The van der Waals surface area contributed by atoms with Gasteiger partial charge in [-0.1, -0.05) is 6.07 Å². The molecule has 0 N–H and O–H groups in total. The Labute approximate surface area is 114 Å². The average molecular weight is 262 g/mol. The zero-order chi connectivity index (χ0) is 13.1. The van der Waals surface area contributed by atoms with Crippen molar-refractivity contribution in [3.05, 3.63) is 24.4 Å². The molecule has 0 saturated carbocycles. The van der Waals surface area contributed by atoms with Crippen molar-refractivity contribution in [2.75, 3.05) is 33.4 Å². The number of pyridine rings is 1. The van der Waals surface area contributed by atoms with Crippen LogP contribution in [-0.4, -0.2) is 48.8 Å². The van der Waals surface area contributed by atoms with Crippen LogP contribution in [-0.2, 0) is 4.74 Å². The minimum atomic E-state index is 0.155. The molecule has 1 atom stereocenters. The van der Waals surface area contributed by atoms with Crippen LogP contribution in [0.25, 0.3) is 0 Å². The van der Waals surface area contributed by atoms with E-state index in [0.717, 1.165) is 50.9 Å². The monoisotopic (exact) mass is 262 g/mol. The molecule has 0 bridgehead atoms. The maximum Gasteiger partial charge on any atom is 0.213 e. The minimum Gasteiger partial charge on any atom is -0.478 e. The summed E-state index contributed by atoms with van der Waals surface area (Å²) in [6, 6.07) is 5.77. The third-order valence-electron chi connectivity index (χ3n) is 4.12. The lowest BCUT2D eigenvalue weighted by atomic mass is 9.79. The van der Waals surface area contributed by atoms with E-state index in [9.17, 15) is 0 Å². The molecule has 19 heavy (non-hydrogen) atoms. The highest BCUT2D eigenvalue weighted by Gasteiger charge is 2.45. The standard InChI is InChI=1S/C15H22N2O2/c1-17-11-15(12-17)10-13(6-9-19-15)5-8-18-14-4-2-3-7-16-14/h2-4,7,13H,5-6,8-12H2,1H3/t13-/m0/s1. The number of likely N-dealkylation sites (N-methyl/N-ethyl adjacent to an activating group) is 1. The SMILES string of the molecule is CN1CC2(C[C@@H](CCOc3ccccn3)CCO2)C1. The molecular formula is C15H22N2O2. The van der Waals surface area contributed by atoms with Gasteiger partial charge < -0.3 is 14.4 Å². The quantitative estimate of drug-likeness (QED) is 0.831. The van der Waals surface area contributed by atoms with Gasteiger partial charge in [-0.05, 0) is 38.3 Å². The van der Waals surface area contributed by atoms with E-state index in [1.165, 1.54) is 6.42 Å². The van der Waals surface area contributed by atoms with Crippen LogP contribution < -0.4 is 4.74 Å². The molecule has 1 spiro atoms. The fourth-order valence-electron chi connectivity index (χ4n) is 3.30. The lowest BCUT2D eigenvalue weighted by molar-refractivity contribution is -0.172. The maximum absolute atomic E-state index is 5.97. The van der Waals surface area contributed by atoms with Crippen LogP contribution in [0.3, 0.4) is 0 Å². The van der Waals surface area contributed by atoms with Crippen LogP contribution in [0.2, 0.25) is 0 Å². The highest BCUT2D eigenvalue weighted by molar-refractivity contribution is 5.09. The number of ether oxygens (including phenoxy) is 2. The normalized spacial score (nSPS) is 26.1. The number of nitrogens with zero attached hydrogens (tertiary/aromatic N) is 2. The molecule has 0 aromatic carbocycles. The average Bonchev–Trinajstić information content (AvgIpc) is 2.39. The molecule has 0 aliphatic carbocycles. The van der Waals surface area contributed by atoms with Crippen LogP contribution in [0.5, 0.6) is 5.88 Å². The largest absolute Gasteiger partial charge is 0.478 e. The third-order valence-corrected chi connectivity index (χ3v) is 4.12. The molecular weight excluding hydrogens is 240 g/mol. The van der Waals surface area contributed by atoms with Crippen LogP contribution >= 0.6 is 0 Å². The van der Waals surface area contributed by atoms with Gasteiger partial charge in [0, 0.05) is 32.0 Å². The van der Waals surface area contributed by atoms with E-state index < -0.39 is 0 Å². The molecule has 0 radical (unpaired) electrons. The van der Waals surface area contributed by atoms with Gasteiger partial charge in [-0.2, -0.15) is 0 Å². The van der Waals surface area contributed by atoms with E-state index in [-0.39, 0.29) is 5.60 Å². The zero-order valence-electron chi connectivity index (χ0n) is 11.5. The fraction of sp³-hybridized carbons (Fsp3) is 0.667. The van der Waals surface area contributed by atoms with Gasteiger partial charge in [0.1, 0.15) is 0 Å². The molecule has 4 nitrogen and oxygen atoms in total. The maximum atomic E-state index is 5.97. The molecule has 1 aromatic heterocycles. The summed E-state index contributed by atoms with van der Waals surface area (Å²) in [5.74, 6) is 1.46. The Bertz CT molecular complexity index is 398. The van der Waals surface area contributed by atoms with Gasteiger partial charge in [0.2, 0.25) is 5.88 Å². The molecule has 104 valence electrons. The van der Waals surface area contributed by atoms with Crippen LogP contribution in [0.15, 0.2) is 24.4 Å². The fourth-order valence-corrected chi connectivity index (χ4v) is 3.30. The Kier molecular flexibility index (Phi) is 3.71. The van der Waals surface area contributed by atoms with Gasteiger partial charge in [0.15, 0.2) is 0 Å². The summed E-state index contributed by atoms with van der Waals surface area (Å²) in [5, 5.41) is 0. The van der Waals surface area contributed by atoms with Gasteiger partial charge >= 0.3 is 0 Å². The molecule has 2 aliphatic heterocycles. The Hall–Kier alpha value is -1.13. The van der Waals surface area contributed by atoms with E-state index in [1.54, 1.807) is 6.20 Å². The van der Waals surface area contributed by atoms with E-state index >= 15 is 0 Å². The van der Waals surface area contributed by atoms with E-state index in [1.807, 2.05) is 18.2 Å². The first-order valence-corrected chi connectivity index (χ1v) is 7.12. The summed E-state index contributed by atoms with van der Waals surface area (Å²) in [6.07, 6.45) is 5.22. The van der Waals surface area contributed by atoms with Crippen molar-refractivity contribution < 1.29 is 9.47 Å². The molecule has 4 heteroatoms. The predicted molar refractivity (Wildman–Crippen MR) is 73.3 cm³/mol. The molecule has 2 saturated heterocycles. The van der Waals surface area contributed by atoms with E-state index in [2.05, 4.69) is 16.9 Å². The van der Waals surface area contributed by atoms with Crippen LogP contribution in [0, 0.1) is 5.92 Å². The van der Waals surface area contributed by atoms with Crippen molar-refractivity contribution in [3.63, 3.8) is 0 Å². The number of hydrogen-bond donors (Lipinski definition) is 0. The molecule has 3 rings (SSSR count). The second-order valence-electron chi connectivity index (χ2n) is 5.87. The summed E-state index contributed by atoms with van der Waals surface area (Å²) in [5.41, 5.74) is 0.155. The summed E-state index contributed by atoms with van der Waals surface area (Å²) in [6.45, 7) is 3.84. The van der Waals surface area contributed by atoms with Gasteiger partial charge in [-0.15, -0.1) is 0 Å². The van der Waals surface area contributed by atoms with E-state index in [0.29, 0.717) is 0 Å². The Morgan fingerprint density at radius 1 is 1.47 bits per heavy atom. The molecule has 2 aliphatic rings. The van der Waals surface area contributed by atoms with Crippen molar-refractivity contribution in [3.8, 4) is 5.88 Å². The van der Waals surface area contributed by atoms with Crippen molar-refractivity contribution in [2.45, 2.75) is 24.9 Å². The predicted octanol–water partition coefficient (Wildman–Crippen LogP) is 1.96. The summed E-state index contributed by atoms with van der Waals surface area (Å²) >= 11 is 0. The summed E-state index contributed by atoms with van der Waals surface area (Å²) in [4.78, 5) is 6.50. The molecule has 3 heterocycles. The first-order chi connectivity index (χ1) is 9.26. The highest BCUT2D eigenvalue weighted by Crippen LogP contribution is 2.37. The zero-order valence-corrected chi connectivity index (χ0v) is 11.5. The first-order valence-electron chi connectivity index (χ1n) is 7.12. The Morgan fingerprint density at radius 3 is 3.11 bits per heavy atom. The minimum absolute atomic E-state index is 0.155. The molecule has 0 amide bonds. The topological polar surface area (TPSA) is 34.6 Å². The van der Waals surface area contributed by atoms with Crippen LogP contribution in [0.1, 0.15) is 19.3 Å². The number of rotatable bonds is 4. The Morgan fingerprint density at radius 2 is 2.37 bits per heavy atom. The smallest absolute Gasteiger partial charge is 0.213 e. The van der Waals surface area contributed by atoms with Crippen molar-refractivity contribution in [2.24, 2.45) is 5.92 Å². The lowest BCUT2D eigenvalue weighted by Gasteiger charge is -2.52. The third kappa shape index (κ3) is 3.07. The van der Waals surface area contributed by atoms with Crippen molar-refractivity contribution >= 4 is 0 Å². The van der Waals surface area contributed by atoms with Crippen LogP contribution in [0.4, 0.5) is 0 Å². The summed E-state index contributed by atoms with van der Waals surface area (Å²) < 4.78 is 11.7. The van der Waals surface area contributed by atoms with Gasteiger partial charge in [-0.25, -0.2) is 4.98 Å². The van der Waals surface area contributed by atoms with Gasteiger partial charge in [0.05, 0.1) is 12.2 Å².